The minimum Gasteiger partial charge on any atom is -0.449 e. The van der Waals surface area contributed by atoms with Crippen LogP contribution in [0, 0.1) is 0 Å². The number of ether oxygens (including phenoxy) is 1. The van der Waals surface area contributed by atoms with Crippen molar-refractivity contribution in [2.75, 3.05) is 5.32 Å². The van der Waals surface area contributed by atoms with E-state index in [4.69, 9.17) is 4.74 Å². The number of anilines is 1. The van der Waals surface area contributed by atoms with Crippen molar-refractivity contribution in [3.05, 3.63) is 78.6 Å². The number of benzene rings is 2. The van der Waals surface area contributed by atoms with Crippen molar-refractivity contribution in [3.8, 4) is 10.6 Å². The number of rotatable bonds is 5. The summed E-state index contributed by atoms with van der Waals surface area (Å²) < 4.78 is 6.45. The molecule has 0 fully saturated rings. The highest BCUT2D eigenvalue weighted by molar-refractivity contribution is 7.21. The number of hydrogen-bond donors (Lipinski definition) is 1. The van der Waals surface area contributed by atoms with Crippen molar-refractivity contribution in [2.45, 2.75) is 13.0 Å². The molecule has 1 atom stereocenters. The Morgan fingerprint density at radius 2 is 1.83 bits per heavy atom. The number of hydrogen-bond acceptors (Lipinski definition) is 6. The van der Waals surface area contributed by atoms with Crippen molar-refractivity contribution < 1.29 is 14.3 Å². The van der Waals surface area contributed by atoms with Gasteiger partial charge in [-0.2, -0.15) is 0 Å². The molecule has 2 heterocycles. The Bertz CT molecular complexity index is 1140. The molecule has 7 heteroatoms. The molecule has 6 nitrogen and oxygen atoms in total. The lowest BCUT2D eigenvalue weighted by Crippen LogP contribution is -2.30. The first-order chi connectivity index (χ1) is 14.1. The maximum Gasteiger partial charge on any atom is 0.339 e. The molecule has 1 amide bonds. The molecule has 0 bridgehead atoms. The number of thiazole rings is 1. The summed E-state index contributed by atoms with van der Waals surface area (Å²) >= 11 is 1.50. The Morgan fingerprint density at radius 3 is 2.62 bits per heavy atom. The molecule has 4 aromatic rings. The quantitative estimate of drug-likeness (QED) is 0.495. The van der Waals surface area contributed by atoms with Crippen molar-refractivity contribution in [1.29, 1.82) is 0 Å². The predicted molar refractivity (Wildman–Crippen MR) is 113 cm³/mol. The number of carbonyl (C=O) groups excluding carboxylic acids is 2. The molecule has 0 radical (unpaired) electrons. The van der Waals surface area contributed by atoms with Gasteiger partial charge in [-0.25, -0.2) is 9.78 Å². The number of esters is 1. The molecular formula is C22H17N3O3S. The van der Waals surface area contributed by atoms with Gasteiger partial charge < -0.3 is 10.1 Å². The van der Waals surface area contributed by atoms with Crippen LogP contribution in [0.1, 0.15) is 17.3 Å². The zero-order chi connectivity index (χ0) is 20.2. The lowest BCUT2D eigenvalue weighted by molar-refractivity contribution is -0.123. The van der Waals surface area contributed by atoms with E-state index in [0.717, 1.165) is 15.2 Å². The Kier molecular flexibility index (Phi) is 5.31. The minimum absolute atomic E-state index is 0.368. The summed E-state index contributed by atoms with van der Waals surface area (Å²) in [6, 6.07) is 18.3. The topological polar surface area (TPSA) is 81.2 Å². The smallest absolute Gasteiger partial charge is 0.339 e. The molecule has 1 unspecified atom stereocenters. The van der Waals surface area contributed by atoms with Crippen LogP contribution in [0.4, 0.5) is 5.69 Å². The first-order valence-corrected chi connectivity index (χ1v) is 9.80. The van der Waals surface area contributed by atoms with Crippen LogP contribution in [0.5, 0.6) is 0 Å². The van der Waals surface area contributed by atoms with Gasteiger partial charge in [0.2, 0.25) is 0 Å². The number of nitrogens with one attached hydrogen (secondary N) is 1. The van der Waals surface area contributed by atoms with E-state index in [-0.39, 0.29) is 0 Å². The summed E-state index contributed by atoms with van der Waals surface area (Å²) in [5.41, 5.74) is 2.46. The van der Waals surface area contributed by atoms with E-state index in [1.54, 1.807) is 30.5 Å². The third-order valence-corrected chi connectivity index (χ3v) is 5.32. The van der Waals surface area contributed by atoms with Gasteiger partial charge >= 0.3 is 5.97 Å². The van der Waals surface area contributed by atoms with Crippen LogP contribution < -0.4 is 5.32 Å². The van der Waals surface area contributed by atoms with E-state index in [2.05, 4.69) is 15.3 Å². The fraction of sp³-hybridized carbons (Fsp3) is 0.0909. The number of pyridine rings is 1. The van der Waals surface area contributed by atoms with Crippen LogP contribution in [-0.2, 0) is 9.53 Å². The summed E-state index contributed by atoms with van der Waals surface area (Å²) in [4.78, 5) is 33.7. The number of fused-ring (bicyclic) bond motifs is 1. The second-order valence-electron chi connectivity index (χ2n) is 6.31. The van der Waals surface area contributed by atoms with Crippen molar-refractivity contribution in [1.82, 2.24) is 9.97 Å². The summed E-state index contributed by atoms with van der Waals surface area (Å²) in [5, 5.41) is 3.40. The summed E-state index contributed by atoms with van der Waals surface area (Å²) in [6.07, 6.45) is 2.17. The fourth-order valence-corrected chi connectivity index (χ4v) is 3.80. The zero-order valence-electron chi connectivity index (χ0n) is 15.5. The molecule has 0 saturated carbocycles. The van der Waals surface area contributed by atoms with E-state index >= 15 is 0 Å². The van der Waals surface area contributed by atoms with E-state index in [0.29, 0.717) is 16.8 Å². The molecule has 2 aromatic heterocycles. The zero-order valence-corrected chi connectivity index (χ0v) is 16.3. The number of para-hydroxylation sites is 1. The lowest BCUT2D eigenvalue weighted by Gasteiger charge is -2.14. The number of aromatic nitrogens is 2. The molecule has 0 spiro atoms. The number of amides is 1. The maximum absolute atomic E-state index is 12.8. The molecule has 0 aliphatic carbocycles. The van der Waals surface area contributed by atoms with E-state index in [1.807, 2.05) is 36.4 Å². The summed E-state index contributed by atoms with van der Waals surface area (Å²) in [6.45, 7) is 1.53. The van der Waals surface area contributed by atoms with Crippen LogP contribution in [0.2, 0.25) is 0 Å². The fourth-order valence-electron chi connectivity index (χ4n) is 2.79. The molecule has 2 aromatic carbocycles. The molecule has 0 aliphatic rings. The SMILES string of the molecule is CC(OC(=O)c1ccccc1-c1nc2ccccc2s1)C(=O)Nc1cccnc1. The molecule has 144 valence electrons. The van der Waals surface area contributed by atoms with Gasteiger partial charge in [0.15, 0.2) is 6.10 Å². The molecule has 0 aliphatic heterocycles. The molecule has 4 rings (SSSR count). The van der Waals surface area contributed by atoms with Crippen molar-refractivity contribution >= 4 is 39.1 Å². The van der Waals surface area contributed by atoms with Gasteiger partial charge in [0.05, 0.1) is 27.7 Å². The normalized spacial score (nSPS) is 11.8. The molecule has 0 saturated heterocycles. The van der Waals surface area contributed by atoms with Crippen molar-refractivity contribution in [2.24, 2.45) is 0 Å². The van der Waals surface area contributed by atoms with Crippen LogP contribution in [-0.4, -0.2) is 27.9 Å². The van der Waals surface area contributed by atoms with Crippen LogP contribution in [0.25, 0.3) is 20.8 Å². The highest BCUT2D eigenvalue weighted by Crippen LogP contribution is 2.32. The van der Waals surface area contributed by atoms with E-state index < -0.39 is 18.0 Å². The Hall–Kier alpha value is -3.58. The van der Waals surface area contributed by atoms with Gasteiger partial charge in [0.25, 0.3) is 5.91 Å². The highest BCUT2D eigenvalue weighted by atomic mass is 32.1. The van der Waals surface area contributed by atoms with E-state index in [9.17, 15) is 9.59 Å². The van der Waals surface area contributed by atoms with Gasteiger partial charge in [-0.05, 0) is 37.3 Å². The van der Waals surface area contributed by atoms with Crippen LogP contribution >= 0.6 is 11.3 Å². The van der Waals surface area contributed by atoms with E-state index in [1.165, 1.54) is 24.5 Å². The van der Waals surface area contributed by atoms with Gasteiger partial charge in [-0.1, -0.05) is 30.3 Å². The third kappa shape index (κ3) is 4.14. The van der Waals surface area contributed by atoms with Gasteiger partial charge in [-0.3, -0.25) is 9.78 Å². The average molecular weight is 403 g/mol. The van der Waals surface area contributed by atoms with Crippen molar-refractivity contribution in [3.63, 3.8) is 0 Å². The summed E-state index contributed by atoms with van der Waals surface area (Å²) in [7, 11) is 0. The Labute approximate surface area is 171 Å². The minimum atomic E-state index is -0.967. The largest absolute Gasteiger partial charge is 0.449 e. The summed E-state index contributed by atoms with van der Waals surface area (Å²) in [5.74, 6) is -1.00. The second-order valence-corrected chi connectivity index (χ2v) is 7.34. The first kappa shape index (κ1) is 18.8. The monoisotopic (exact) mass is 403 g/mol. The average Bonchev–Trinajstić information content (AvgIpc) is 3.18. The molecule has 1 N–H and O–H groups in total. The molecular weight excluding hydrogens is 386 g/mol. The maximum atomic E-state index is 12.8. The lowest BCUT2D eigenvalue weighted by atomic mass is 10.1. The standard InChI is InChI=1S/C22H17N3O3S/c1-14(20(26)24-15-7-6-12-23-13-15)28-22(27)17-9-3-2-8-16(17)21-25-18-10-4-5-11-19(18)29-21/h2-14H,1H3,(H,24,26). The predicted octanol–water partition coefficient (Wildman–Crippen LogP) is 4.54. The highest BCUT2D eigenvalue weighted by Gasteiger charge is 2.22. The van der Waals surface area contributed by atoms with Crippen LogP contribution in [0.15, 0.2) is 73.1 Å². The first-order valence-electron chi connectivity index (χ1n) is 8.98. The molecule has 29 heavy (non-hydrogen) atoms. The number of carbonyl (C=O) groups is 2. The Morgan fingerprint density at radius 1 is 1.03 bits per heavy atom. The Balaban J connectivity index is 1.54. The third-order valence-electron chi connectivity index (χ3n) is 4.25. The second kappa shape index (κ2) is 8.20. The van der Waals surface area contributed by atoms with Crippen LogP contribution in [0.3, 0.4) is 0 Å². The van der Waals surface area contributed by atoms with Gasteiger partial charge in [0.1, 0.15) is 5.01 Å². The number of nitrogens with zero attached hydrogens (tertiary/aromatic N) is 2. The van der Waals surface area contributed by atoms with Gasteiger partial charge in [0, 0.05) is 11.8 Å². The van der Waals surface area contributed by atoms with Gasteiger partial charge in [-0.15, -0.1) is 11.3 Å².